The maximum absolute atomic E-state index is 15.7. The number of amidine groups is 2. The molecule has 4 aliphatic rings. The second-order valence-corrected chi connectivity index (χ2v) is 13.8. The molecule has 3 aliphatic heterocycles. The molecule has 1 unspecified atom stereocenters. The number of anilines is 2. The monoisotopic (exact) mass is 700 g/mol. The van der Waals surface area contributed by atoms with Crippen LogP contribution in [-0.4, -0.2) is 101 Å². The van der Waals surface area contributed by atoms with Gasteiger partial charge in [0.05, 0.1) is 34.6 Å². The number of ether oxygens (including phenoxy) is 1. The van der Waals surface area contributed by atoms with E-state index in [2.05, 4.69) is 4.57 Å². The molecule has 0 amide bonds. The van der Waals surface area contributed by atoms with Gasteiger partial charge in [0.1, 0.15) is 35.3 Å². The number of nitrogens with one attached hydrogen (secondary N) is 2. The van der Waals surface area contributed by atoms with E-state index in [9.17, 15) is 19.5 Å². The SMILES string of the molecule is CC1COc2c(N3CCN(C(=N)CC(=N)N4CCN(c5cc6c(cc5F)c(=O)ccn6C5CC5)CC4)CC3)c(F)cc3c(=O)c(C(=O)O)cn1c23. The van der Waals surface area contributed by atoms with Crippen LogP contribution in [0.3, 0.4) is 0 Å². The van der Waals surface area contributed by atoms with Crippen molar-refractivity contribution in [1.82, 2.24) is 18.9 Å². The first kappa shape index (κ1) is 32.7. The zero-order chi connectivity index (χ0) is 35.7. The quantitative estimate of drug-likeness (QED) is 0.201. The summed E-state index contributed by atoms with van der Waals surface area (Å²) in [6, 6.07) is 5.78. The number of carboxylic acid groups (broad SMARTS) is 1. The molecule has 8 rings (SSSR count). The minimum Gasteiger partial charge on any atom is -0.487 e. The molecule has 2 aromatic heterocycles. The molecule has 0 spiro atoms. The number of aromatic nitrogens is 2. The molecular weight excluding hydrogens is 662 g/mol. The molecule has 266 valence electrons. The predicted octanol–water partition coefficient (Wildman–Crippen LogP) is 3.87. The molecule has 0 bridgehead atoms. The van der Waals surface area contributed by atoms with Crippen LogP contribution < -0.4 is 25.4 Å². The number of pyridine rings is 2. The van der Waals surface area contributed by atoms with Gasteiger partial charge >= 0.3 is 5.97 Å². The number of rotatable bonds is 6. The number of fused-ring (bicyclic) bond motifs is 1. The Bertz CT molecular complexity index is 2250. The van der Waals surface area contributed by atoms with E-state index < -0.39 is 28.6 Å². The zero-order valence-corrected chi connectivity index (χ0v) is 28.1. The number of carboxylic acids is 1. The van der Waals surface area contributed by atoms with Crippen molar-refractivity contribution in [2.75, 3.05) is 68.8 Å². The first-order chi connectivity index (χ1) is 24.5. The van der Waals surface area contributed by atoms with E-state index in [0.29, 0.717) is 80.8 Å². The summed E-state index contributed by atoms with van der Waals surface area (Å²) in [5, 5.41) is 27.5. The van der Waals surface area contributed by atoms with Gasteiger partial charge in [-0.2, -0.15) is 0 Å². The van der Waals surface area contributed by atoms with E-state index in [-0.39, 0.29) is 47.2 Å². The molecule has 1 atom stereocenters. The summed E-state index contributed by atoms with van der Waals surface area (Å²) in [5.74, 6) is -1.70. The van der Waals surface area contributed by atoms with E-state index in [4.69, 9.17) is 15.6 Å². The Hall–Kier alpha value is -5.47. The molecule has 1 aliphatic carbocycles. The van der Waals surface area contributed by atoms with Crippen molar-refractivity contribution in [3.8, 4) is 5.75 Å². The maximum atomic E-state index is 15.7. The van der Waals surface area contributed by atoms with E-state index in [1.54, 1.807) is 16.8 Å². The van der Waals surface area contributed by atoms with Crippen LogP contribution in [0.4, 0.5) is 20.2 Å². The highest BCUT2D eigenvalue weighted by atomic mass is 19.1. The Morgan fingerprint density at radius 2 is 1.51 bits per heavy atom. The number of piperazine rings is 2. The number of hydrogen-bond acceptors (Lipinski definition) is 8. The maximum Gasteiger partial charge on any atom is 0.341 e. The van der Waals surface area contributed by atoms with Gasteiger partial charge in [0.15, 0.2) is 17.0 Å². The summed E-state index contributed by atoms with van der Waals surface area (Å²) in [6.07, 6.45) is 5.29. The summed E-state index contributed by atoms with van der Waals surface area (Å²) in [5.41, 5.74) is 0.384. The first-order valence-electron chi connectivity index (χ1n) is 17.3. The van der Waals surface area contributed by atoms with Gasteiger partial charge in [-0.25, -0.2) is 13.6 Å². The molecule has 5 heterocycles. The van der Waals surface area contributed by atoms with Crippen LogP contribution in [0.1, 0.15) is 48.6 Å². The number of hydrogen-bond donors (Lipinski definition) is 3. The molecule has 2 aromatic carbocycles. The Kier molecular flexibility index (Phi) is 7.95. The highest BCUT2D eigenvalue weighted by Crippen LogP contribution is 2.42. The summed E-state index contributed by atoms with van der Waals surface area (Å²) < 4.78 is 40.7. The lowest BCUT2D eigenvalue weighted by Crippen LogP contribution is -2.52. The van der Waals surface area contributed by atoms with Crippen LogP contribution in [0.25, 0.3) is 21.8 Å². The fourth-order valence-corrected chi connectivity index (χ4v) is 7.65. The average Bonchev–Trinajstić information content (AvgIpc) is 3.96. The third kappa shape index (κ3) is 5.64. The van der Waals surface area contributed by atoms with Gasteiger partial charge in [0, 0.05) is 82.2 Å². The van der Waals surface area contributed by atoms with Gasteiger partial charge in [-0.3, -0.25) is 20.4 Å². The number of nitrogens with zero attached hydrogens (tertiary/aromatic N) is 6. The molecule has 51 heavy (non-hydrogen) atoms. The van der Waals surface area contributed by atoms with Crippen LogP contribution in [0.5, 0.6) is 5.75 Å². The van der Waals surface area contributed by atoms with Crippen molar-refractivity contribution in [2.45, 2.75) is 38.3 Å². The first-order valence-corrected chi connectivity index (χ1v) is 17.3. The minimum absolute atomic E-state index is 0.0422. The Balaban J connectivity index is 0.911. The number of halogens is 2. The van der Waals surface area contributed by atoms with E-state index in [0.717, 1.165) is 24.4 Å². The van der Waals surface area contributed by atoms with Crippen molar-refractivity contribution in [3.63, 3.8) is 0 Å². The van der Waals surface area contributed by atoms with Crippen LogP contribution >= 0.6 is 0 Å². The van der Waals surface area contributed by atoms with Crippen molar-refractivity contribution in [3.05, 3.63) is 74.3 Å². The van der Waals surface area contributed by atoms with Gasteiger partial charge in [-0.15, -0.1) is 0 Å². The van der Waals surface area contributed by atoms with Gasteiger partial charge in [-0.1, -0.05) is 0 Å². The van der Waals surface area contributed by atoms with Crippen LogP contribution in [0.15, 0.2) is 46.2 Å². The van der Waals surface area contributed by atoms with E-state index in [1.165, 1.54) is 18.3 Å². The molecule has 3 N–H and O–H groups in total. The van der Waals surface area contributed by atoms with Gasteiger partial charge < -0.3 is 38.6 Å². The normalized spacial score (nSPS) is 19.1. The van der Waals surface area contributed by atoms with Crippen molar-refractivity contribution >= 4 is 50.8 Å². The molecule has 13 nitrogen and oxygen atoms in total. The molecule has 0 radical (unpaired) electrons. The number of benzene rings is 2. The Morgan fingerprint density at radius 1 is 0.882 bits per heavy atom. The topological polar surface area (TPSA) is 151 Å². The largest absolute Gasteiger partial charge is 0.487 e. The molecule has 4 aromatic rings. The zero-order valence-electron chi connectivity index (χ0n) is 28.1. The lowest BCUT2D eigenvalue weighted by atomic mass is 10.1. The van der Waals surface area contributed by atoms with Crippen molar-refractivity contribution in [2.24, 2.45) is 0 Å². The lowest BCUT2D eigenvalue weighted by molar-refractivity contribution is 0.0694. The number of aromatic carboxylic acids is 1. The smallest absolute Gasteiger partial charge is 0.341 e. The van der Waals surface area contributed by atoms with E-state index in [1.807, 2.05) is 26.5 Å². The highest BCUT2D eigenvalue weighted by Gasteiger charge is 2.32. The molecular formula is C36H38F2N8O5. The van der Waals surface area contributed by atoms with Gasteiger partial charge in [-0.05, 0) is 38.0 Å². The molecule has 3 fully saturated rings. The summed E-state index contributed by atoms with van der Waals surface area (Å²) in [4.78, 5) is 44.7. The predicted molar refractivity (Wildman–Crippen MR) is 189 cm³/mol. The number of carbonyl (C=O) groups is 1. The van der Waals surface area contributed by atoms with Crippen LogP contribution in [-0.2, 0) is 0 Å². The second-order valence-electron chi connectivity index (χ2n) is 13.8. The Labute approximate surface area is 290 Å². The fraction of sp³-hybridized carbons (Fsp3) is 0.417. The fourth-order valence-electron chi connectivity index (χ4n) is 7.65. The summed E-state index contributed by atoms with van der Waals surface area (Å²) in [7, 11) is 0. The molecule has 1 saturated carbocycles. The second kappa shape index (κ2) is 12.4. The van der Waals surface area contributed by atoms with Crippen LogP contribution in [0, 0.1) is 22.5 Å². The Morgan fingerprint density at radius 3 is 2.14 bits per heavy atom. The standard InChI is InChI=1S/C36H38F2N8O5/c1-20-19-51-35-32-23(34(48)24(36(49)50)18-46(20)32)15-26(38)33(35)44-12-10-43(11-13-44)31(40)17-30(39)42-8-6-41(7-9-42)28-16-27-22(14-25(28)37)29(47)4-5-45(27)21-2-3-21/h4-5,14-16,18,20-21,39-40H,2-3,6-13,17,19H2,1H3,(H,49,50). The summed E-state index contributed by atoms with van der Waals surface area (Å²) >= 11 is 0. The van der Waals surface area contributed by atoms with Crippen molar-refractivity contribution < 1.29 is 23.4 Å². The van der Waals surface area contributed by atoms with Gasteiger partial charge in [0.25, 0.3) is 0 Å². The molecule has 15 heteroatoms. The van der Waals surface area contributed by atoms with Crippen molar-refractivity contribution in [1.29, 1.82) is 10.8 Å². The minimum atomic E-state index is -1.37. The lowest BCUT2D eigenvalue weighted by Gasteiger charge is -2.40. The van der Waals surface area contributed by atoms with E-state index >= 15 is 8.78 Å². The highest BCUT2D eigenvalue weighted by molar-refractivity contribution is 6.00. The third-order valence-corrected chi connectivity index (χ3v) is 10.6. The molecule has 2 saturated heterocycles. The van der Waals surface area contributed by atoms with Crippen LogP contribution in [0.2, 0.25) is 0 Å². The average molecular weight is 701 g/mol. The summed E-state index contributed by atoms with van der Waals surface area (Å²) in [6.45, 7) is 5.53. The van der Waals surface area contributed by atoms with Gasteiger partial charge in [0.2, 0.25) is 5.43 Å². The third-order valence-electron chi connectivity index (χ3n) is 10.6.